The predicted molar refractivity (Wildman–Crippen MR) is 66.5 cm³/mol. The molecular weight excluding hydrogens is 224 g/mol. The Morgan fingerprint density at radius 3 is 2.81 bits per heavy atom. The van der Waals surface area contributed by atoms with E-state index in [1.165, 1.54) is 0 Å². The van der Waals surface area contributed by atoms with Crippen molar-refractivity contribution in [3.8, 4) is 0 Å². The number of rotatable bonds is 6. The number of ether oxygens (including phenoxy) is 1. The van der Waals surface area contributed by atoms with Crippen molar-refractivity contribution in [1.29, 1.82) is 0 Å². The van der Waals surface area contributed by atoms with Gasteiger partial charge >= 0.3 is 0 Å². The average Bonchev–Trinajstić information content (AvgIpc) is 2.25. The normalized spacial score (nSPS) is 13.0. The van der Waals surface area contributed by atoms with Crippen LogP contribution in [0, 0.1) is 0 Å². The summed E-state index contributed by atoms with van der Waals surface area (Å²) in [4.78, 5) is 4.97. The SMILES string of the molecule is CC(C)OCC(O)CSc1ccc(N)nc1. The number of nitrogen functional groups attached to an aromatic ring is 1. The molecule has 1 atom stereocenters. The van der Waals surface area contributed by atoms with E-state index in [1.807, 2.05) is 19.9 Å². The summed E-state index contributed by atoms with van der Waals surface area (Å²) in [6.45, 7) is 4.26. The summed E-state index contributed by atoms with van der Waals surface area (Å²) >= 11 is 1.54. The van der Waals surface area contributed by atoms with E-state index in [0.717, 1.165) is 4.90 Å². The first kappa shape index (κ1) is 13.3. The molecule has 0 aliphatic carbocycles. The van der Waals surface area contributed by atoms with Crippen LogP contribution >= 0.6 is 11.8 Å². The number of thioether (sulfide) groups is 1. The van der Waals surface area contributed by atoms with E-state index >= 15 is 0 Å². The molecule has 0 aromatic carbocycles. The smallest absolute Gasteiger partial charge is 0.123 e. The molecule has 1 unspecified atom stereocenters. The predicted octanol–water partition coefficient (Wildman–Crippen LogP) is 1.54. The third-order valence-corrected chi connectivity index (χ3v) is 2.95. The Morgan fingerprint density at radius 1 is 1.50 bits per heavy atom. The van der Waals surface area contributed by atoms with Gasteiger partial charge < -0.3 is 15.6 Å². The highest BCUT2D eigenvalue weighted by molar-refractivity contribution is 7.99. The van der Waals surface area contributed by atoms with E-state index in [-0.39, 0.29) is 6.10 Å². The Morgan fingerprint density at radius 2 is 2.25 bits per heavy atom. The van der Waals surface area contributed by atoms with Gasteiger partial charge in [0.1, 0.15) is 5.82 Å². The Kier molecular flexibility index (Phi) is 5.59. The highest BCUT2D eigenvalue weighted by Crippen LogP contribution is 2.18. The molecule has 1 aromatic rings. The molecule has 0 radical (unpaired) electrons. The molecule has 1 rings (SSSR count). The highest BCUT2D eigenvalue weighted by atomic mass is 32.2. The van der Waals surface area contributed by atoms with Crippen LogP contribution in [0.15, 0.2) is 23.2 Å². The van der Waals surface area contributed by atoms with Crippen LogP contribution in [0.25, 0.3) is 0 Å². The van der Waals surface area contributed by atoms with Gasteiger partial charge in [-0.25, -0.2) is 4.98 Å². The van der Waals surface area contributed by atoms with Crippen LogP contribution in [0.4, 0.5) is 5.82 Å². The molecule has 5 heteroatoms. The molecule has 0 aliphatic heterocycles. The summed E-state index contributed by atoms with van der Waals surface area (Å²) in [5.74, 6) is 1.10. The summed E-state index contributed by atoms with van der Waals surface area (Å²) in [6.07, 6.45) is 1.40. The highest BCUT2D eigenvalue weighted by Gasteiger charge is 2.06. The van der Waals surface area contributed by atoms with Crippen molar-refractivity contribution >= 4 is 17.6 Å². The molecule has 1 heterocycles. The van der Waals surface area contributed by atoms with E-state index in [2.05, 4.69) is 4.98 Å². The van der Waals surface area contributed by atoms with Crippen LogP contribution in [0.5, 0.6) is 0 Å². The molecule has 16 heavy (non-hydrogen) atoms. The number of hydrogen-bond acceptors (Lipinski definition) is 5. The first-order chi connectivity index (χ1) is 7.58. The number of nitrogens with zero attached hydrogens (tertiary/aromatic N) is 1. The second-order valence-electron chi connectivity index (χ2n) is 3.77. The van der Waals surface area contributed by atoms with Crippen LogP contribution in [0.3, 0.4) is 0 Å². The van der Waals surface area contributed by atoms with Gasteiger partial charge in [-0.3, -0.25) is 0 Å². The minimum Gasteiger partial charge on any atom is -0.390 e. The second-order valence-corrected chi connectivity index (χ2v) is 4.86. The van der Waals surface area contributed by atoms with Crippen molar-refractivity contribution < 1.29 is 9.84 Å². The van der Waals surface area contributed by atoms with Gasteiger partial charge in [0.2, 0.25) is 0 Å². The van der Waals surface area contributed by atoms with Crippen LogP contribution in [0.2, 0.25) is 0 Å². The zero-order valence-electron chi connectivity index (χ0n) is 9.59. The topological polar surface area (TPSA) is 68.4 Å². The van der Waals surface area contributed by atoms with E-state index in [1.54, 1.807) is 24.0 Å². The van der Waals surface area contributed by atoms with Gasteiger partial charge in [-0.15, -0.1) is 11.8 Å². The molecule has 0 fully saturated rings. The number of aliphatic hydroxyl groups is 1. The molecule has 4 nitrogen and oxygen atoms in total. The minimum atomic E-state index is -0.454. The van der Waals surface area contributed by atoms with Gasteiger partial charge in [0.05, 0.1) is 18.8 Å². The van der Waals surface area contributed by atoms with E-state index in [4.69, 9.17) is 10.5 Å². The molecule has 0 saturated carbocycles. The van der Waals surface area contributed by atoms with Gasteiger partial charge in [0.15, 0.2) is 0 Å². The van der Waals surface area contributed by atoms with Gasteiger partial charge in [-0.2, -0.15) is 0 Å². The first-order valence-corrected chi connectivity index (χ1v) is 6.20. The van der Waals surface area contributed by atoms with Crippen molar-refractivity contribution in [1.82, 2.24) is 4.98 Å². The van der Waals surface area contributed by atoms with E-state index < -0.39 is 6.10 Å². The summed E-state index contributed by atoms with van der Waals surface area (Å²) < 4.78 is 5.31. The maximum atomic E-state index is 9.62. The van der Waals surface area contributed by atoms with Gasteiger partial charge in [0, 0.05) is 16.8 Å². The number of pyridine rings is 1. The quantitative estimate of drug-likeness (QED) is 0.741. The second kappa shape index (κ2) is 6.73. The lowest BCUT2D eigenvalue weighted by Gasteiger charge is -2.12. The van der Waals surface area contributed by atoms with Crippen LogP contribution in [-0.4, -0.2) is 34.7 Å². The fraction of sp³-hybridized carbons (Fsp3) is 0.545. The number of anilines is 1. The largest absolute Gasteiger partial charge is 0.390 e. The lowest BCUT2D eigenvalue weighted by atomic mass is 10.4. The van der Waals surface area contributed by atoms with Crippen LogP contribution in [-0.2, 0) is 4.74 Å². The molecule has 0 saturated heterocycles. The number of aromatic nitrogens is 1. The average molecular weight is 242 g/mol. The van der Waals surface area contributed by atoms with Crippen LogP contribution < -0.4 is 5.73 Å². The zero-order valence-corrected chi connectivity index (χ0v) is 10.4. The molecule has 90 valence electrons. The summed E-state index contributed by atoms with van der Waals surface area (Å²) in [5.41, 5.74) is 5.47. The molecule has 0 amide bonds. The lowest BCUT2D eigenvalue weighted by molar-refractivity contribution is 0.0152. The lowest BCUT2D eigenvalue weighted by Crippen LogP contribution is -2.20. The first-order valence-electron chi connectivity index (χ1n) is 5.22. The van der Waals surface area contributed by atoms with Crippen molar-refractivity contribution in [2.45, 2.75) is 31.0 Å². The molecule has 3 N–H and O–H groups in total. The number of hydrogen-bond donors (Lipinski definition) is 2. The Balaban J connectivity index is 2.26. The Hall–Kier alpha value is -0.780. The van der Waals surface area contributed by atoms with E-state index in [9.17, 15) is 5.11 Å². The van der Waals surface area contributed by atoms with Gasteiger partial charge in [-0.1, -0.05) is 0 Å². The van der Waals surface area contributed by atoms with Crippen molar-refractivity contribution in [2.24, 2.45) is 0 Å². The molecule has 0 spiro atoms. The van der Waals surface area contributed by atoms with Crippen molar-refractivity contribution in [3.63, 3.8) is 0 Å². The zero-order chi connectivity index (χ0) is 12.0. The standard InChI is InChI=1S/C11H18N2O2S/c1-8(2)15-6-9(14)7-16-10-3-4-11(12)13-5-10/h3-5,8-9,14H,6-7H2,1-2H3,(H2,12,13). The third kappa shape index (κ3) is 5.34. The van der Waals surface area contributed by atoms with Crippen molar-refractivity contribution in [2.75, 3.05) is 18.1 Å². The molecule has 0 bridgehead atoms. The monoisotopic (exact) mass is 242 g/mol. The molecule has 1 aromatic heterocycles. The van der Waals surface area contributed by atoms with Gasteiger partial charge in [-0.05, 0) is 26.0 Å². The van der Waals surface area contributed by atoms with Crippen molar-refractivity contribution in [3.05, 3.63) is 18.3 Å². The minimum absolute atomic E-state index is 0.151. The summed E-state index contributed by atoms with van der Waals surface area (Å²) in [6, 6.07) is 3.64. The molecule has 0 aliphatic rings. The fourth-order valence-corrected chi connectivity index (χ4v) is 1.79. The summed E-state index contributed by atoms with van der Waals surface area (Å²) in [5, 5.41) is 9.62. The Labute approximate surface area is 100 Å². The number of nitrogens with two attached hydrogens (primary N) is 1. The fourth-order valence-electron chi connectivity index (χ4n) is 1.02. The van der Waals surface area contributed by atoms with Crippen LogP contribution in [0.1, 0.15) is 13.8 Å². The maximum absolute atomic E-state index is 9.62. The molecular formula is C11H18N2O2S. The summed E-state index contributed by atoms with van der Waals surface area (Å²) in [7, 11) is 0. The number of aliphatic hydroxyl groups excluding tert-OH is 1. The Bertz CT molecular complexity index is 303. The van der Waals surface area contributed by atoms with E-state index in [0.29, 0.717) is 18.2 Å². The maximum Gasteiger partial charge on any atom is 0.123 e. The third-order valence-electron chi connectivity index (χ3n) is 1.82. The van der Waals surface area contributed by atoms with Gasteiger partial charge in [0.25, 0.3) is 0 Å².